The summed E-state index contributed by atoms with van der Waals surface area (Å²) >= 11 is 0. The van der Waals surface area contributed by atoms with Gasteiger partial charge in [0.25, 0.3) is 0 Å². The maximum absolute atomic E-state index is 12.3. The van der Waals surface area contributed by atoms with Crippen LogP contribution in [0.3, 0.4) is 0 Å². The third-order valence-corrected chi connectivity index (χ3v) is 4.66. The van der Waals surface area contributed by atoms with Crippen molar-refractivity contribution >= 4 is 11.7 Å². The first-order valence-corrected chi connectivity index (χ1v) is 8.14. The van der Waals surface area contributed by atoms with Crippen molar-refractivity contribution in [1.29, 1.82) is 0 Å². The summed E-state index contributed by atoms with van der Waals surface area (Å²) < 4.78 is 1.82. The molecule has 1 aromatic heterocycles. The van der Waals surface area contributed by atoms with Gasteiger partial charge in [-0.2, -0.15) is 5.10 Å². The van der Waals surface area contributed by atoms with Crippen LogP contribution in [0.25, 0.3) is 5.69 Å². The van der Waals surface area contributed by atoms with Gasteiger partial charge >= 0.3 is 0 Å². The van der Waals surface area contributed by atoms with Crippen molar-refractivity contribution in [3.63, 3.8) is 0 Å². The molecule has 1 atom stereocenters. The van der Waals surface area contributed by atoms with E-state index in [2.05, 4.69) is 36.4 Å². The highest BCUT2D eigenvalue weighted by Crippen LogP contribution is 2.39. The third-order valence-electron chi connectivity index (χ3n) is 4.66. The Balaban J connectivity index is 1.83. The van der Waals surface area contributed by atoms with Crippen LogP contribution in [0.5, 0.6) is 0 Å². The number of anilines is 1. The lowest BCUT2D eigenvalue weighted by Gasteiger charge is -2.25. The number of benzene rings is 2. The van der Waals surface area contributed by atoms with Gasteiger partial charge in [0.15, 0.2) is 0 Å². The van der Waals surface area contributed by atoms with Gasteiger partial charge in [0, 0.05) is 17.9 Å². The zero-order valence-electron chi connectivity index (χ0n) is 13.8. The van der Waals surface area contributed by atoms with Gasteiger partial charge in [-0.3, -0.25) is 4.79 Å². The van der Waals surface area contributed by atoms with Crippen molar-refractivity contribution in [1.82, 2.24) is 9.78 Å². The fraction of sp³-hybridized carbons (Fsp3) is 0.200. The molecule has 0 spiro atoms. The predicted octanol–water partition coefficient (Wildman–Crippen LogP) is 3.96. The monoisotopic (exact) mass is 317 g/mol. The predicted molar refractivity (Wildman–Crippen MR) is 94.6 cm³/mol. The molecule has 2 heterocycles. The number of rotatable bonds is 2. The smallest absolute Gasteiger partial charge is 0.226 e. The average Bonchev–Trinajstić information content (AvgIpc) is 2.99. The number of hydrogen-bond donors (Lipinski definition) is 1. The largest absolute Gasteiger partial charge is 0.310 e. The minimum atomic E-state index is 0.0321. The minimum absolute atomic E-state index is 0.0321. The molecule has 0 fully saturated rings. The highest BCUT2D eigenvalue weighted by Gasteiger charge is 2.30. The fourth-order valence-corrected chi connectivity index (χ4v) is 3.36. The summed E-state index contributed by atoms with van der Waals surface area (Å²) in [5.41, 5.74) is 5.61. The Hall–Kier alpha value is -2.88. The van der Waals surface area contributed by atoms with E-state index in [-0.39, 0.29) is 11.8 Å². The molecular weight excluding hydrogens is 298 g/mol. The molecule has 0 saturated carbocycles. The van der Waals surface area contributed by atoms with Crippen molar-refractivity contribution in [2.45, 2.75) is 26.2 Å². The molecule has 0 saturated heterocycles. The van der Waals surface area contributed by atoms with E-state index in [9.17, 15) is 4.79 Å². The Morgan fingerprint density at radius 1 is 1.04 bits per heavy atom. The molecule has 0 bridgehead atoms. The molecule has 0 radical (unpaired) electrons. The number of aromatic nitrogens is 2. The van der Waals surface area contributed by atoms with Crippen LogP contribution in [0.2, 0.25) is 0 Å². The molecular formula is C20H19N3O. The van der Waals surface area contributed by atoms with E-state index in [1.807, 2.05) is 47.3 Å². The number of aryl methyl sites for hydroxylation is 2. The summed E-state index contributed by atoms with van der Waals surface area (Å²) in [6.07, 6.45) is 2.34. The van der Waals surface area contributed by atoms with Crippen LogP contribution in [-0.4, -0.2) is 15.7 Å². The van der Waals surface area contributed by atoms with E-state index in [0.29, 0.717) is 6.42 Å². The first kappa shape index (κ1) is 14.7. The van der Waals surface area contributed by atoms with Crippen LogP contribution in [0, 0.1) is 13.8 Å². The number of hydrogen-bond acceptors (Lipinski definition) is 2. The van der Waals surface area contributed by atoms with Gasteiger partial charge in [-0.25, -0.2) is 4.68 Å². The van der Waals surface area contributed by atoms with Crippen LogP contribution < -0.4 is 5.32 Å². The molecule has 24 heavy (non-hydrogen) atoms. The maximum atomic E-state index is 12.3. The van der Waals surface area contributed by atoms with Crippen LogP contribution in [0.1, 0.15) is 34.6 Å². The van der Waals surface area contributed by atoms with Gasteiger partial charge in [0.2, 0.25) is 5.91 Å². The van der Waals surface area contributed by atoms with E-state index in [1.165, 1.54) is 16.7 Å². The summed E-state index contributed by atoms with van der Waals surface area (Å²) in [5, 5.41) is 7.54. The SMILES string of the molecule is Cc1ccc(-n2ncc3c2NC(=O)C[C@H]3c2ccccc2C)cc1. The first-order chi connectivity index (χ1) is 11.6. The summed E-state index contributed by atoms with van der Waals surface area (Å²) in [7, 11) is 0. The van der Waals surface area contributed by atoms with Gasteiger partial charge in [0.05, 0.1) is 11.9 Å². The lowest BCUT2D eigenvalue weighted by molar-refractivity contribution is -0.116. The maximum Gasteiger partial charge on any atom is 0.226 e. The highest BCUT2D eigenvalue weighted by molar-refractivity contribution is 5.94. The van der Waals surface area contributed by atoms with Gasteiger partial charge in [-0.1, -0.05) is 42.0 Å². The zero-order valence-corrected chi connectivity index (χ0v) is 13.8. The summed E-state index contributed by atoms with van der Waals surface area (Å²) in [6.45, 7) is 4.14. The second kappa shape index (κ2) is 5.64. The quantitative estimate of drug-likeness (QED) is 0.777. The van der Waals surface area contributed by atoms with Gasteiger partial charge in [-0.05, 0) is 37.1 Å². The lowest BCUT2D eigenvalue weighted by atomic mass is 9.85. The molecule has 0 aliphatic carbocycles. The molecule has 4 heteroatoms. The third kappa shape index (κ3) is 2.40. The lowest BCUT2D eigenvalue weighted by Crippen LogP contribution is -2.25. The Kier molecular flexibility index (Phi) is 3.45. The average molecular weight is 317 g/mol. The van der Waals surface area contributed by atoms with E-state index >= 15 is 0 Å². The van der Waals surface area contributed by atoms with Crippen LogP contribution >= 0.6 is 0 Å². The van der Waals surface area contributed by atoms with Gasteiger partial charge in [-0.15, -0.1) is 0 Å². The number of carbonyl (C=O) groups excluding carboxylic acids is 1. The van der Waals surface area contributed by atoms with Crippen molar-refractivity contribution in [2.24, 2.45) is 0 Å². The Bertz CT molecular complexity index is 909. The number of fused-ring (bicyclic) bond motifs is 1. The van der Waals surface area contributed by atoms with E-state index in [4.69, 9.17) is 0 Å². The normalized spacial score (nSPS) is 16.6. The molecule has 2 aromatic carbocycles. The van der Waals surface area contributed by atoms with Crippen LogP contribution in [-0.2, 0) is 4.79 Å². The van der Waals surface area contributed by atoms with E-state index in [0.717, 1.165) is 17.1 Å². The molecule has 4 nitrogen and oxygen atoms in total. The van der Waals surface area contributed by atoms with Crippen LogP contribution in [0.15, 0.2) is 54.7 Å². The fourth-order valence-electron chi connectivity index (χ4n) is 3.36. The summed E-state index contributed by atoms with van der Waals surface area (Å²) in [6, 6.07) is 16.4. The Morgan fingerprint density at radius 3 is 2.54 bits per heavy atom. The molecule has 1 aliphatic heterocycles. The van der Waals surface area contributed by atoms with Crippen molar-refractivity contribution in [3.05, 3.63) is 77.0 Å². The number of nitrogens with one attached hydrogen (secondary N) is 1. The van der Waals surface area contributed by atoms with E-state index < -0.39 is 0 Å². The molecule has 1 amide bonds. The topological polar surface area (TPSA) is 46.9 Å². The standard InChI is InChI=1S/C20H19N3O/c1-13-7-9-15(10-8-13)23-20-18(12-21-23)17(11-19(24)22-20)16-6-4-3-5-14(16)2/h3-10,12,17H,11H2,1-2H3,(H,22,24)/t17-/m0/s1. The van der Waals surface area contributed by atoms with Gasteiger partial charge in [0.1, 0.15) is 5.82 Å². The highest BCUT2D eigenvalue weighted by atomic mass is 16.1. The van der Waals surface area contributed by atoms with Crippen molar-refractivity contribution in [3.8, 4) is 5.69 Å². The first-order valence-electron chi connectivity index (χ1n) is 8.14. The van der Waals surface area contributed by atoms with Crippen molar-refractivity contribution in [2.75, 3.05) is 5.32 Å². The summed E-state index contributed by atoms with van der Waals surface area (Å²) in [5.74, 6) is 0.863. The molecule has 1 aliphatic rings. The Morgan fingerprint density at radius 2 is 1.79 bits per heavy atom. The van der Waals surface area contributed by atoms with Crippen molar-refractivity contribution < 1.29 is 4.79 Å². The molecule has 4 rings (SSSR count). The Labute approximate surface area is 141 Å². The molecule has 120 valence electrons. The van der Waals surface area contributed by atoms with Gasteiger partial charge < -0.3 is 5.32 Å². The zero-order chi connectivity index (χ0) is 16.7. The second-order valence-corrected chi connectivity index (χ2v) is 6.36. The van der Waals surface area contributed by atoms with E-state index in [1.54, 1.807) is 0 Å². The number of nitrogens with zero attached hydrogens (tertiary/aromatic N) is 2. The number of amides is 1. The second-order valence-electron chi connectivity index (χ2n) is 6.36. The molecule has 1 N–H and O–H groups in total. The molecule has 3 aromatic rings. The summed E-state index contributed by atoms with van der Waals surface area (Å²) in [4.78, 5) is 12.3. The molecule has 0 unspecified atom stereocenters. The minimum Gasteiger partial charge on any atom is -0.310 e. The number of carbonyl (C=O) groups is 1. The van der Waals surface area contributed by atoms with Crippen LogP contribution in [0.4, 0.5) is 5.82 Å².